The van der Waals surface area contributed by atoms with Crippen molar-refractivity contribution in [3.05, 3.63) is 53.6 Å². The van der Waals surface area contributed by atoms with E-state index >= 15 is 0 Å². The van der Waals surface area contributed by atoms with Crippen LogP contribution in [0.4, 0.5) is 5.69 Å². The van der Waals surface area contributed by atoms with Crippen molar-refractivity contribution in [2.45, 2.75) is 46.5 Å². The number of benzene rings is 2. The number of para-hydroxylation sites is 3. The number of carbonyl (C=O) groups is 2. The lowest BCUT2D eigenvalue weighted by Crippen LogP contribution is -2.22. The van der Waals surface area contributed by atoms with Gasteiger partial charge in [-0.25, -0.2) is 0 Å². The zero-order valence-corrected chi connectivity index (χ0v) is 18.2. The highest BCUT2D eigenvalue weighted by atomic mass is 16.5. The number of hydrogen-bond acceptors (Lipinski definition) is 5. The van der Waals surface area contributed by atoms with E-state index in [1.165, 1.54) is 0 Å². The summed E-state index contributed by atoms with van der Waals surface area (Å²) in [5, 5.41) is 2.87. The number of amides is 1. The molecule has 2 aromatic carbocycles. The van der Waals surface area contributed by atoms with E-state index in [2.05, 4.69) is 19.2 Å². The molecule has 2 aromatic rings. The number of hydrogen-bond donors (Lipinski definition) is 1. The third-order valence-corrected chi connectivity index (χ3v) is 4.49. The van der Waals surface area contributed by atoms with Crippen molar-refractivity contribution >= 4 is 17.6 Å². The molecule has 1 N–H and O–H groups in total. The van der Waals surface area contributed by atoms with Crippen LogP contribution in [0, 0.1) is 6.92 Å². The highest BCUT2D eigenvalue weighted by Gasteiger charge is 2.14. The number of carbonyl (C=O) groups excluding carboxylic acids is 2. The molecule has 0 bridgehead atoms. The van der Waals surface area contributed by atoms with Gasteiger partial charge in [-0.05, 0) is 49.4 Å². The van der Waals surface area contributed by atoms with Crippen molar-refractivity contribution in [3.63, 3.8) is 0 Å². The quantitative estimate of drug-likeness (QED) is 0.421. The van der Waals surface area contributed by atoms with Crippen LogP contribution < -0.4 is 14.8 Å². The van der Waals surface area contributed by atoms with Crippen molar-refractivity contribution in [2.24, 2.45) is 0 Å². The molecule has 0 heterocycles. The Balaban J connectivity index is 1.73. The summed E-state index contributed by atoms with van der Waals surface area (Å²) >= 11 is 0. The Morgan fingerprint density at radius 2 is 1.70 bits per heavy atom. The summed E-state index contributed by atoms with van der Waals surface area (Å²) in [5.74, 6) is 0.820. The van der Waals surface area contributed by atoms with Crippen LogP contribution in [0.3, 0.4) is 0 Å². The van der Waals surface area contributed by atoms with Crippen LogP contribution in [0.15, 0.2) is 42.5 Å². The summed E-state index contributed by atoms with van der Waals surface area (Å²) in [7, 11) is 0. The fourth-order valence-corrected chi connectivity index (χ4v) is 2.98. The molecule has 0 aromatic heterocycles. The zero-order valence-electron chi connectivity index (χ0n) is 18.2. The van der Waals surface area contributed by atoms with Crippen LogP contribution in [0.25, 0.3) is 0 Å². The summed E-state index contributed by atoms with van der Waals surface area (Å²) in [6, 6.07) is 13.3. The maximum atomic E-state index is 12.2. The fraction of sp³-hybridized carbons (Fsp3) is 0.417. The van der Waals surface area contributed by atoms with Gasteiger partial charge in [-0.2, -0.15) is 0 Å². The van der Waals surface area contributed by atoms with E-state index in [1.54, 1.807) is 0 Å². The van der Waals surface area contributed by atoms with Crippen molar-refractivity contribution in [1.29, 1.82) is 0 Å². The Labute approximate surface area is 178 Å². The van der Waals surface area contributed by atoms with Gasteiger partial charge in [0.05, 0.1) is 13.2 Å². The molecule has 0 fully saturated rings. The third-order valence-electron chi connectivity index (χ3n) is 4.49. The van der Waals surface area contributed by atoms with Gasteiger partial charge in [0.2, 0.25) is 0 Å². The van der Waals surface area contributed by atoms with Crippen LogP contribution in [0.5, 0.6) is 11.5 Å². The summed E-state index contributed by atoms with van der Waals surface area (Å²) in [6.45, 7) is 8.59. The third kappa shape index (κ3) is 7.10. The lowest BCUT2D eigenvalue weighted by Gasteiger charge is -2.16. The predicted molar refractivity (Wildman–Crippen MR) is 117 cm³/mol. The monoisotopic (exact) mass is 413 g/mol. The van der Waals surface area contributed by atoms with Crippen molar-refractivity contribution in [2.75, 3.05) is 25.1 Å². The smallest absolute Gasteiger partial charge is 0.306 e. The fourth-order valence-electron chi connectivity index (χ4n) is 2.98. The first-order valence-electron chi connectivity index (χ1n) is 10.3. The van der Waals surface area contributed by atoms with E-state index in [4.69, 9.17) is 14.2 Å². The van der Waals surface area contributed by atoms with Gasteiger partial charge in [0.15, 0.2) is 18.1 Å². The van der Waals surface area contributed by atoms with E-state index in [-0.39, 0.29) is 24.9 Å². The number of rotatable bonds is 11. The first-order chi connectivity index (χ1) is 14.4. The standard InChI is InChI=1S/C24H31NO5/c1-5-28-20-12-6-7-13-21(20)29-15-9-14-23(27)30-16-22(26)25-24-18(4)10-8-11-19(24)17(2)3/h6-8,10-13,17H,5,9,14-16H2,1-4H3,(H,25,26). The maximum Gasteiger partial charge on any atom is 0.306 e. The van der Waals surface area contributed by atoms with E-state index in [1.807, 2.05) is 56.3 Å². The summed E-state index contributed by atoms with van der Waals surface area (Å²) in [5.41, 5.74) is 2.82. The largest absolute Gasteiger partial charge is 0.490 e. The van der Waals surface area contributed by atoms with Gasteiger partial charge in [-0.15, -0.1) is 0 Å². The Kier molecular flexibility index (Phi) is 9.19. The Morgan fingerprint density at radius 1 is 1.00 bits per heavy atom. The van der Waals surface area contributed by atoms with Gasteiger partial charge in [0.1, 0.15) is 0 Å². The lowest BCUT2D eigenvalue weighted by atomic mass is 9.98. The van der Waals surface area contributed by atoms with Crippen molar-refractivity contribution in [3.8, 4) is 11.5 Å². The van der Waals surface area contributed by atoms with Gasteiger partial charge in [0.25, 0.3) is 5.91 Å². The minimum atomic E-state index is -0.430. The second kappa shape index (κ2) is 11.9. The second-order valence-electron chi connectivity index (χ2n) is 7.23. The molecule has 0 aliphatic heterocycles. The molecule has 0 aliphatic carbocycles. The number of anilines is 1. The van der Waals surface area contributed by atoms with Gasteiger partial charge < -0.3 is 19.5 Å². The Morgan fingerprint density at radius 3 is 2.37 bits per heavy atom. The molecule has 6 heteroatoms. The second-order valence-corrected chi connectivity index (χ2v) is 7.23. The van der Waals surface area contributed by atoms with Crippen molar-refractivity contribution < 1.29 is 23.8 Å². The van der Waals surface area contributed by atoms with E-state index in [0.717, 1.165) is 16.8 Å². The zero-order chi connectivity index (χ0) is 21.9. The number of nitrogens with one attached hydrogen (secondary N) is 1. The van der Waals surface area contributed by atoms with E-state index < -0.39 is 5.97 Å². The maximum absolute atomic E-state index is 12.2. The SMILES string of the molecule is CCOc1ccccc1OCCCC(=O)OCC(=O)Nc1c(C)cccc1C(C)C. The molecule has 0 aliphatic rings. The van der Waals surface area contributed by atoms with E-state index in [9.17, 15) is 9.59 Å². The Hall–Kier alpha value is -3.02. The molecular formula is C24H31NO5. The molecule has 0 radical (unpaired) electrons. The molecule has 0 saturated carbocycles. The molecule has 1 amide bonds. The van der Waals surface area contributed by atoms with Crippen LogP contribution >= 0.6 is 0 Å². The number of aryl methyl sites for hydroxylation is 1. The summed E-state index contributed by atoms with van der Waals surface area (Å²) in [6.07, 6.45) is 0.655. The normalized spacial score (nSPS) is 10.6. The lowest BCUT2D eigenvalue weighted by molar-refractivity contribution is -0.147. The summed E-state index contributed by atoms with van der Waals surface area (Å²) < 4.78 is 16.3. The van der Waals surface area contributed by atoms with Gasteiger partial charge in [-0.1, -0.05) is 44.2 Å². The highest BCUT2D eigenvalue weighted by molar-refractivity contribution is 5.94. The molecule has 0 unspecified atom stereocenters. The molecule has 0 spiro atoms. The van der Waals surface area contributed by atoms with Gasteiger partial charge >= 0.3 is 5.97 Å². The molecule has 0 atom stereocenters. The average Bonchev–Trinajstić information content (AvgIpc) is 2.72. The summed E-state index contributed by atoms with van der Waals surface area (Å²) in [4.78, 5) is 24.2. The molecule has 0 saturated heterocycles. The molecule has 30 heavy (non-hydrogen) atoms. The van der Waals surface area contributed by atoms with E-state index in [0.29, 0.717) is 31.1 Å². The highest BCUT2D eigenvalue weighted by Crippen LogP contribution is 2.28. The van der Waals surface area contributed by atoms with Crippen LogP contribution in [-0.4, -0.2) is 31.7 Å². The molecular weight excluding hydrogens is 382 g/mol. The minimum Gasteiger partial charge on any atom is -0.490 e. The number of esters is 1. The van der Waals surface area contributed by atoms with Crippen LogP contribution in [-0.2, 0) is 14.3 Å². The minimum absolute atomic E-state index is 0.172. The molecule has 162 valence electrons. The first-order valence-corrected chi connectivity index (χ1v) is 10.3. The molecule has 2 rings (SSSR count). The first kappa shape index (κ1) is 23.3. The van der Waals surface area contributed by atoms with Crippen LogP contribution in [0.2, 0.25) is 0 Å². The average molecular weight is 414 g/mol. The topological polar surface area (TPSA) is 73.9 Å². The van der Waals surface area contributed by atoms with Crippen LogP contribution in [0.1, 0.15) is 50.7 Å². The van der Waals surface area contributed by atoms with Gasteiger partial charge in [-0.3, -0.25) is 9.59 Å². The number of ether oxygens (including phenoxy) is 3. The van der Waals surface area contributed by atoms with Crippen molar-refractivity contribution in [1.82, 2.24) is 0 Å². The van der Waals surface area contributed by atoms with Gasteiger partial charge in [0, 0.05) is 12.1 Å². The molecule has 6 nitrogen and oxygen atoms in total. The Bertz CT molecular complexity index is 847. The predicted octanol–water partition coefficient (Wildman–Crippen LogP) is 4.86.